The number of fused-ring (bicyclic) bond motifs is 11. The lowest BCUT2D eigenvalue weighted by Gasteiger charge is -2.33. The number of aromatic nitrogens is 1. The summed E-state index contributed by atoms with van der Waals surface area (Å²) in [5.41, 5.74) is 18.9. The number of anilines is 1. The van der Waals surface area contributed by atoms with Gasteiger partial charge >= 0.3 is 0 Å². The molecule has 0 saturated heterocycles. The second-order valence-corrected chi connectivity index (χ2v) is 20.4. The Kier molecular flexibility index (Phi) is 9.72. The third-order valence-corrected chi connectivity index (χ3v) is 16.1. The fraction of sp³-hybridized carbons (Fsp3) is 0.0556. The largest absolute Gasteiger partial charge is 0.367 e. The SMILES string of the molecule is Cc1cc(-c2ccc(C3=CCC4C(=C3)C(c3cc5ccccc5c5ccccc35)=c3ccccc3=C4c3cc4ccccc4c4ccccc34)cc2)cc(-c2ccc3c(c2)c2c(n3-c3ccccc3)NCC=C2)c1. The summed E-state index contributed by atoms with van der Waals surface area (Å²) in [6, 6.07) is 84.0. The molecule has 3 aliphatic rings. The van der Waals surface area contributed by atoms with Crippen LogP contribution in [0.4, 0.5) is 5.82 Å². The van der Waals surface area contributed by atoms with E-state index in [1.807, 2.05) is 0 Å². The molecular formula is C72H50N2. The van der Waals surface area contributed by atoms with Gasteiger partial charge in [0.25, 0.3) is 0 Å². The summed E-state index contributed by atoms with van der Waals surface area (Å²) in [5, 5.41) is 17.8. The Morgan fingerprint density at radius 2 is 1.04 bits per heavy atom. The Hall–Kier alpha value is -9.24. The zero-order chi connectivity index (χ0) is 48.9. The number of aryl methyl sites for hydroxylation is 1. The Labute approximate surface area is 430 Å². The first-order valence-electron chi connectivity index (χ1n) is 26.1. The van der Waals surface area contributed by atoms with E-state index in [1.165, 1.54) is 137 Å². The van der Waals surface area contributed by atoms with Crippen molar-refractivity contribution in [1.29, 1.82) is 0 Å². The Balaban J connectivity index is 0.867. The van der Waals surface area contributed by atoms with E-state index >= 15 is 0 Å². The summed E-state index contributed by atoms with van der Waals surface area (Å²) in [6.07, 6.45) is 10.4. The number of hydrogen-bond acceptors (Lipinski definition) is 1. The van der Waals surface area contributed by atoms with Crippen molar-refractivity contribution in [2.75, 3.05) is 11.9 Å². The van der Waals surface area contributed by atoms with Crippen LogP contribution in [0.15, 0.2) is 248 Å². The zero-order valence-electron chi connectivity index (χ0n) is 41.1. The summed E-state index contributed by atoms with van der Waals surface area (Å²) in [4.78, 5) is 0. The molecule has 12 aromatic rings. The van der Waals surface area contributed by atoms with Gasteiger partial charge < -0.3 is 5.32 Å². The average molecular weight is 943 g/mol. The summed E-state index contributed by atoms with van der Waals surface area (Å²) in [7, 11) is 0. The number of nitrogens with one attached hydrogen (secondary N) is 1. The molecule has 1 atom stereocenters. The number of hydrogen-bond donors (Lipinski definition) is 1. The fourth-order valence-electron chi connectivity index (χ4n) is 12.9. The normalized spacial score (nSPS) is 15.0. The van der Waals surface area contributed by atoms with Gasteiger partial charge in [0.2, 0.25) is 0 Å². The van der Waals surface area contributed by atoms with Crippen molar-refractivity contribution >= 4 is 82.6 Å². The van der Waals surface area contributed by atoms with Gasteiger partial charge in [0, 0.05) is 29.1 Å². The van der Waals surface area contributed by atoms with E-state index in [0.29, 0.717) is 0 Å². The average Bonchev–Trinajstić information content (AvgIpc) is 3.81. The van der Waals surface area contributed by atoms with E-state index in [4.69, 9.17) is 0 Å². The predicted molar refractivity (Wildman–Crippen MR) is 314 cm³/mol. The van der Waals surface area contributed by atoms with Crippen LogP contribution in [-0.2, 0) is 0 Å². The van der Waals surface area contributed by atoms with Crippen molar-refractivity contribution in [3.8, 4) is 27.9 Å². The number of allylic oxidation sites excluding steroid dienone is 4. The molecule has 0 saturated carbocycles. The molecule has 0 spiro atoms. The third-order valence-electron chi connectivity index (χ3n) is 16.1. The van der Waals surface area contributed by atoms with Crippen LogP contribution >= 0.6 is 0 Å². The van der Waals surface area contributed by atoms with Crippen LogP contribution in [0.2, 0.25) is 0 Å². The number of nitrogens with zero attached hydrogens (tertiary/aromatic N) is 1. The Morgan fingerprint density at radius 3 is 1.77 bits per heavy atom. The molecule has 2 nitrogen and oxygen atoms in total. The summed E-state index contributed by atoms with van der Waals surface area (Å²) in [5.74, 6) is 1.29. The van der Waals surface area contributed by atoms with Crippen LogP contribution < -0.4 is 15.8 Å². The van der Waals surface area contributed by atoms with E-state index in [1.54, 1.807) is 0 Å². The van der Waals surface area contributed by atoms with Gasteiger partial charge in [0.05, 0.1) is 5.52 Å². The minimum absolute atomic E-state index is 0.136. The first-order chi connectivity index (χ1) is 36.6. The molecule has 11 aromatic carbocycles. The molecule has 0 bridgehead atoms. The van der Waals surface area contributed by atoms with Gasteiger partial charge in [-0.1, -0.05) is 206 Å². The van der Waals surface area contributed by atoms with Gasteiger partial charge in [-0.2, -0.15) is 0 Å². The van der Waals surface area contributed by atoms with Gasteiger partial charge in [0.1, 0.15) is 5.82 Å². The van der Waals surface area contributed by atoms with Gasteiger partial charge in [-0.15, -0.1) is 0 Å². The van der Waals surface area contributed by atoms with E-state index < -0.39 is 0 Å². The Bertz CT molecular complexity index is 4560. The van der Waals surface area contributed by atoms with Gasteiger partial charge in [-0.25, -0.2) is 0 Å². The van der Waals surface area contributed by atoms with Gasteiger partial charge in [-0.3, -0.25) is 4.57 Å². The van der Waals surface area contributed by atoms with Crippen LogP contribution in [0, 0.1) is 12.8 Å². The van der Waals surface area contributed by atoms with Crippen LogP contribution in [0.1, 0.15) is 34.2 Å². The molecule has 348 valence electrons. The molecule has 2 heteroatoms. The van der Waals surface area contributed by atoms with Crippen LogP contribution in [0.25, 0.3) is 105 Å². The third kappa shape index (κ3) is 6.72. The van der Waals surface area contributed by atoms with E-state index in [9.17, 15) is 0 Å². The maximum Gasteiger partial charge on any atom is 0.119 e. The molecule has 2 aliphatic carbocycles. The number of rotatable bonds is 6. The van der Waals surface area contributed by atoms with E-state index in [0.717, 1.165) is 24.5 Å². The van der Waals surface area contributed by atoms with E-state index in [2.05, 4.69) is 266 Å². The second kappa shape index (κ2) is 16.9. The van der Waals surface area contributed by atoms with Crippen molar-refractivity contribution in [1.82, 2.24) is 4.57 Å². The zero-order valence-corrected chi connectivity index (χ0v) is 41.1. The summed E-state index contributed by atoms with van der Waals surface area (Å²) in [6.45, 7) is 3.04. The molecular weight excluding hydrogens is 893 g/mol. The quantitative estimate of drug-likeness (QED) is 0.164. The monoisotopic (exact) mass is 942 g/mol. The lowest BCUT2D eigenvalue weighted by molar-refractivity contribution is 0.802. The highest BCUT2D eigenvalue weighted by atomic mass is 15.1. The summed E-state index contributed by atoms with van der Waals surface area (Å²) >= 11 is 0. The maximum absolute atomic E-state index is 3.67. The second-order valence-electron chi connectivity index (χ2n) is 20.4. The number of benzene rings is 11. The number of para-hydroxylation sites is 1. The molecule has 15 rings (SSSR count). The van der Waals surface area contributed by atoms with Crippen molar-refractivity contribution in [3.05, 3.63) is 287 Å². The molecule has 0 radical (unpaired) electrons. The predicted octanol–water partition coefficient (Wildman–Crippen LogP) is 16.8. The fourth-order valence-corrected chi connectivity index (χ4v) is 12.9. The maximum atomic E-state index is 3.67. The highest BCUT2D eigenvalue weighted by molar-refractivity contribution is 6.15. The van der Waals surface area contributed by atoms with E-state index in [-0.39, 0.29) is 5.92 Å². The lowest BCUT2D eigenvalue weighted by Crippen LogP contribution is -2.38. The van der Waals surface area contributed by atoms with Gasteiger partial charge in [0.15, 0.2) is 0 Å². The molecule has 1 aliphatic heterocycles. The molecule has 0 fully saturated rings. The minimum atomic E-state index is 0.136. The topological polar surface area (TPSA) is 17.0 Å². The van der Waals surface area contributed by atoms with Crippen molar-refractivity contribution in [2.45, 2.75) is 13.3 Å². The molecule has 1 N–H and O–H groups in total. The van der Waals surface area contributed by atoms with Crippen LogP contribution in [-0.4, -0.2) is 11.1 Å². The van der Waals surface area contributed by atoms with Gasteiger partial charge in [-0.05, 0) is 176 Å². The smallest absolute Gasteiger partial charge is 0.119 e. The minimum Gasteiger partial charge on any atom is -0.367 e. The first kappa shape index (κ1) is 42.4. The standard InChI is InChI=1S/C72H50N2/c1-45-38-52(40-53(39-45)49-34-36-69-65(41-49)64-28-15-37-73-72(64)74(69)54-18-3-2-4-19-54)47-31-29-46(30-32-47)48-33-35-63-68(42-48)71(67-44-51-17-6-8-21-56(51)58-23-10-12-25-60(58)67)62-27-14-13-26-61(62)70(63)66-43-50-16-5-7-20-55(50)57-22-9-11-24-59(57)66/h2-34,36,38-44,63,73H,35,37H2,1H3. The highest BCUT2D eigenvalue weighted by Crippen LogP contribution is 2.48. The molecule has 2 heterocycles. The molecule has 1 aromatic heterocycles. The van der Waals surface area contributed by atoms with Crippen molar-refractivity contribution in [3.63, 3.8) is 0 Å². The molecule has 74 heavy (non-hydrogen) atoms. The molecule has 0 amide bonds. The highest BCUT2D eigenvalue weighted by Gasteiger charge is 2.33. The first-order valence-corrected chi connectivity index (χ1v) is 26.1. The summed E-state index contributed by atoms with van der Waals surface area (Å²) < 4.78 is 2.36. The van der Waals surface area contributed by atoms with Crippen molar-refractivity contribution < 1.29 is 0 Å². The lowest BCUT2D eigenvalue weighted by atomic mass is 9.70. The van der Waals surface area contributed by atoms with Crippen LogP contribution in [0.5, 0.6) is 0 Å². The molecule has 1 unspecified atom stereocenters. The van der Waals surface area contributed by atoms with Crippen molar-refractivity contribution in [2.24, 2.45) is 5.92 Å². The van der Waals surface area contributed by atoms with Crippen LogP contribution in [0.3, 0.4) is 0 Å². The Morgan fingerprint density at radius 1 is 0.459 bits per heavy atom.